The van der Waals surface area contributed by atoms with Crippen molar-refractivity contribution in [3.05, 3.63) is 59.7 Å². The average Bonchev–Trinajstić information content (AvgIpc) is 3.13. The van der Waals surface area contributed by atoms with E-state index in [-0.39, 0.29) is 11.6 Å². The van der Waals surface area contributed by atoms with E-state index in [1.165, 1.54) is 11.3 Å². The molecule has 0 saturated heterocycles. The highest BCUT2D eigenvalue weighted by atomic mass is 32.1. The minimum Gasteiger partial charge on any atom is -0.293 e. The first-order chi connectivity index (χ1) is 11.6. The van der Waals surface area contributed by atoms with E-state index in [0.29, 0.717) is 22.0 Å². The molecule has 0 aliphatic heterocycles. The van der Waals surface area contributed by atoms with Crippen LogP contribution in [0.25, 0.3) is 10.2 Å². The molecular weight excluding hydrogens is 322 g/mol. The van der Waals surface area contributed by atoms with Crippen molar-refractivity contribution < 1.29 is 9.59 Å². The number of benzene rings is 2. The Kier molecular flexibility index (Phi) is 3.46. The fourth-order valence-electron chi connectivity index (χ4n) is 2.84. The molecule has 1 aromatic heterocycles. The van der Waals surface area contributed by atoms with Crippen molar-refractivity contribution in [3.63, 3.8) is 0 Å². The van der Waals surface area contributed by atoms with E-state index in [1.54, 1.807) is 31.2 Å². The molecule has 118 valence electrons. The molecule has 24 heavy (non-hydrogen) atoms. The van der Waals surface area contributed by atoms with Crippen molar-refractivity contribution in [3.8, 4) is 0 Å². The fourth-order valence-corrected chi connectivity index (χ4v) is 3.65. The van der Waals surface area contributed by atoms with E-state index in [4.69, 9.17) is 0 Å². The van der Waals surface area contributed by atoms with Gasteiger partial charge in [-0.15, -0.1) is 0 Å². The first kappa shape index (κ1) is 14.7. The lowest BCUT2D eigenvalue weighted by Gasteiger charge is -2.06. The monoisotopic (exact) mass is 335 g/mol. The highest BCUT2D eigenvalue weighted by Gasteiger charge is 2.40. The number of fused-ring (bicyclic) bond motifs is 2. The van der Waals surface area contributed by atoms with Crippen LogP contribution >= 0.6 is 11.3 Å². The Balaban J connectivity index is 1.60. The standard InChI is InChI=1S/C18H13N3O2S/c1-10(15-16(22)11-6-2-3-7-12(11)17(15)23)20-21-18-19-13-8-4-5-9-14(13)24-18/h2-9,15H,1H3,(H,19,21). The second-order valence-electron chi connectivity index (χ2n) is 5.56. The normalized spacial score (nSPS) is 15.1. The lowest BCUT2D eigenvalue weighted by Crippen LogP contribution is -2.24. The summed E-state index contributed by atoms with van der Waals surface area (Å²) in [6.45, 7) is 1.69. The number of thiazole rings is 1. The van der Waals surface area contributed by atoms with Crippen LogP contribution in [0.3, 0.4) is 0 Å². The van der Waals surface area contributed by atoms with E-state index in [9.17, 15) is 9.59 Å². The van der Waals surface area contributed by atoms with Gasteiger partial charge in [-0.1, -0.05) is 47.7 Å². The molecule has 2 aromatic carbocycles. The fraction of sp³-hybridized carbons (Fsp3) is 0.111. The molecule has 0 atom stereocenters. The highest BCUT2D eigenvalue weighted by Crippen LogP contribution is 2.28. The van der Waals surface area contributed by atoms with E-state index in [1.807, 2.05) is 24.3 Å². The summed E-state index contributed by atoms with van der Waals surface area (Å²) >= 11 is 1.47. The molecule has 0 radical (unpaired) electrons. The number of anilines is 1. The molecule has 3 aromatic rings. The van der Waals surface area contributed by atoms with Gasteiger partial charge in [0.15, 0.2) is 11.6 Å². The number of carbonyl (C=O) groups excluding carboxylic acids is 2. The van der Waals surface area contributed by atoms with Crippen LogP contribution in [0, 0.1) is 5.92 Å². The molecule has 1 heterocycles. The number of carbonyl (C=O) groups is 2. The van der Waals surface area contributed by atoms with Crippen LogP contribution in [0.15, 0.2) is 53.6 Å². The Hall–Kier alpha value is -2.86. The number of aromatic nitrogens is 1. The van der Waals surface area contributed by atoms with E-state index in [0.717, 1.165) is 10.2 Å². The summed E-state index contributed by atoms with van der Waals surface area (Å²) in [6.07, 6.45) is 0. The maximum Gasteiger partial charge on any atom is 0.204 e. The maximum absolute atomic E-state index is 12.5. The van der Waals surface area contributed by atoms with Crippen molar-refractivity contribution in [1.29, 1.82) is 0 Å². The minimum absolute atomic E-state index is 0.192. The minimum atomic E-state index is -0.843. The van der Waals surface area contributed by atoms with Gasteiger partial charge in [-0.25, -0.2) is 4.98 Å². The number of rotatable bonds is 3. The zero-order valence-electron chi connectivity index (χ0n) is 12.8. The molecule has 6 heteroatoms. The van der Waals surface area contributed by atoms with Crippen molar-refractivity contribution in [2.75, 3.05) is 5.43 Å². The Labute approximate surface area is 142 Å². The maximum atomic E-state index is 12.5. The molecule has 1 aliphatic carbocycles. The van der Waals surface area contributed by atoms with Crippen molar-refractivity contribution in [1.82, 2.24) is 4.98 Å². The van der Waals surface area contributed by atoms with Gasteiger partial charge < -0.3 is 0 Å². The van der Waals surface area contributed by atoms with E-state index < -0.39 is 5.92 Å². The Morgan fingerprint density at radius 3 is 2.33 bits per heavy atom. The molecule has 0 unspecified atom stereocenters. The number of Topliss-reactive ketones (excluding diaryl/α,β-unsaturated/α-hetero) is 2. The number of para-hydroxylation sites is 1. The molecule has 0 saturated carbocycles. The van der Waals surface area contributed by atoms with Gasteiger partial charge in [-0.2, -0.15) is 5.10 Å². The first-order valence-corrected chi connectivity index (χ1v) is 8.30. The van der Waals surface area contributed by atoms with Crippen molar-refractivity contribution >= 4 is 44.0 Å². The predicted octanol–water partition coefficient (Wildman–Crippen LogP) is 3.78. The van der Waals surface area contributed by atoms with Crippen LogP contribution in [-0.2, 0) is 0 Å². The molecule has 0 spiro atoms. The number of nitrogens with one attached hydrogen (secondary N) is 1. The van der Waals surface area contributed by atoms with Crippen LogP contribution in [0.2, 0.25) is 0 Å². The van der Waals surface area contributed by atoms with Crippen LogP contribution in [-0.4, -0.2) is 22.3 Å². The third kappa shape index (κ3) is 2.32. The quantitative estimate of drug-likeness (QED) is 0.449. The predicted molar refractivity (Wildman–Crippen MR) is 94.9 cm³/mol. The molecule has 1 aliphatic rings. The smallest absolute Gasteiger partial charge is 0.204 e. The second kappa shape index (κ2) is 5.65. The lowest BCUT2D eigenvalue weighted by atomic mass is 9.99. The largest absolute Gasteiger partial charge is 0.293 e. The first-order valence-electron chi connectivity index (χ1n) is 7.48. The number of hydrogen-bond donors (Lipinski definition) is 1. The lowest BCUT2D eigenvalue weighted by molar-refractivity contribution is 0.0883. The number of ketones is 2. The molecule has 0 fully saturated rings. The van der Waals surface area contributed by atoms with Gasteiger partial charge in [0, 0.05) is 11.1 Å². The topological polar surface area (TPSA) is 71.4 Å². The summed E-state index contributed by atoms with van der Waals surface area (Å²) < 4.78 is 1.05. The SMILES string of the molecule is CC(=NNc1nc2ccccc2s1)C1C(=O)c2ccccc2C1=O. The summed E-state index contributed by atoms with van der Waals surface area (Å²) in [5, 5.41) is 4.86. The number of nitrogens with zero attached hydrogens (tertiary/aromatic N) is 2. The second-order valence-corrected chi connectivity index (χ2v) is 6.59. The highest BCUT2D eigenvalue weighted by molar-refractivity contribution is 7.22. The van der Waals surface area contributed by atoms with Crippen LogP contribution in [0.4, 0.5) is 5.13 Å². The molecular formula is C18H13N3O2S. The van der Waals surface area contributed by atoms with E-state index >= 15 is 0 Å². The zero-order chi connectivity index (χ0) is 16.7. The van der Waals surface area contributed by atoms with Crippen molar-refractivity contribution in [2.45, 2.75) is 6.92 Å². The summed E-state index contributed by atoms with van der Waals surface area (Å²) in [7, 11) is 0. The van der Waals surface area contributed by atoms with Gasteiger partial charge >= 0.3 is 0 Å². The zero-order valence-corrected chi connectivity index (χ0v) is 13.6. The Morgan fingerprint density at radius 1 is 1.04 bits per heavy atom. The van der Waals surface area contributed by atoms with Gasteiger partial charge in [-0.3, -0.25) is 15.0 Å². The molecule has 5 nitrogen and oxygen atoms in total. The van der Waals surface area contributed by atoms with Gasteiger partial charge in [0.1, 0.15) is 5.92 Å². The number of hydrazone groups is 1. The molecule has 1 N–H and O–H groups in total. The summed E-state index contributed by atoms with van der Waals surface area (Å²) in [4.78, 5) is 29.3. The van der Waals surface area contributed by atoms with Gasteiger partial charge in [0.25, 0.3) is 0 Å². The average molecular weight is 335 g/mol. The van der Waals surface area contributed by atoms with Gasteiger partial charge in [-0.05, 0) is 19.1 Å². The number of hydrogen-bond acceptors (Lipinski definition) is 6. The Morgan fingerprint density at radius 2 is 1.67 bits per heavy atom. The van der Waals surface area contributed by atoms with Crippen molar-refractivity contribution in [2.24, 2.45) is 11.0 Å². The van der Waals surface area contributed by atoms with Crippen LogP contribution in [0.5, 0.6) is 0 Å². The third-order valence-electron chi connectivity index (χ3n) is 4.02. The van der Waals surface area contributed by atoms with Gasteiger partial charge in [0.05, 0.1) is 15.9 Å². The van der Waals surface area contributed by atoms with E-state index in [2.05, 4.69) is 15.5 Å². The van der Waals surface area contributed by atoms with Crippen LogP contribution in [0.1, 0.15) is 27.6 Å². The summed E-state index contributed by atoms with van der Waals surface area (Å²) in [6, 6.07) is 14.7. The molecule has 0 bridgehead atoms. The summed E-state index contributed by atoms with van der Waals surface area (Å²) in [5.41, 5.74) is 5.15. The van der Waals surface area contributed by atoms with Crippen LogP contribution < -0.4 is 5.43 Å². The summed E-state index contributed by atoms with van der Waals surface area (Å²) in [5.74, 6) is -1.23. The Bertz CT molecular complexity index is 938. The third-order valence-corrected chi connectivity index (χ3v) is 4.96. The molecule has 4 rings (SSSR count). The van der Waals surface area contributed by atoms with Gasteiger partial charge in [0.2, 0.25) is 5.13 Å². The molecule has 0 amide bonds.